The molecular weight excluding hydrogens is 661 g/mol. The van der Waals surface area contributed by atoms with Crippen molar-refractivity contribution in [1.82, 2.24) is 14.7 Å². The van der Waals surface area contributed by atoms with Crippen molar-refractivity contribution < 1.29 is 33.3 Å². The molecule has 0 radical (unpaired) electrons. The minimum Gasteiger partial charge on any atom is -0.496 e. The lowest BCUT2D eigenvalue weighted by molar-refractivity contribution is -0.138. The number of methoxy groups -OCH3 is 3. The van der Waals surface area contributed by atoms with E-state index in [1.165, 1.54) is 27.4 Å². The van der Waals surface area contributed by atoms with Crippen LogP contribution in [0.4, 0.5) is 4.39 Å². The average Bonchev–Trinajstić information content (AvgIpc) is 3.56. The summed E-state index contributed by atoms with van der Waals surface area (Å²) in [5.41, 5.74) is 5.05. The Morgan fingerprint density at radius 3 is 2.24 bits per heavy atom. The summed E-state index contributed by atoms with van der Waals surface area (Å²) in [6, 6.07) is 18.5. The molecule has 4 aromatic carbocycles. The van der Waals surface area contributed by atoms with Crippen molar-refractivity contribution in [1.29, 1.82) is 0 Å². The second kappa shape index (κ2) is 14.9. The highest BCUT2D eigenvalue weighted by atomic mass is 35.5. The van der Waals surface area contributed by atoms with Crippen LogP contribution >= 0.6 is 11.6 Å². The SMILES string of the molecule is COc1cc(-n2ncc3c(-c4cccc(-c5cc(F)c(CN(C)C6CCC(CC(=O)O)CC6)c(OC)c5)c4Cl)cccc32)cc(OC)c1C=O. The summed E-state index contributed by atoms with van der Waals surface area (Å²) in [5, 5.41) is 15.1. The molecular formula is C39H39ClFN3O6. The molecule has 260 valence electrons. The van der Waals surface area contributed by atoms with E-state index in [1.54, 1.807) is 23.0 Å². The molecule has 1 aromatic heterocycles. The van der Waals surface area contributed by atoms with Gasteiger partial charge in [-0.1, -0.05) is 41.9 Å². The van der Waals surface area contributed by atoms with E-state index >= 15 is 4.39 Å². The maximum Gasteiger partial charge on any atom is 0.303 e. The second-order valence-electron chi connectivity index (χ2n) is 12.7. The molecule has 0 bridgehead atoms. The van der Waals surface area contributed by atoms with Gasteiger partial charge in [0.25, 0.3) is 0 Å². The normalized spacial score (nSPS) is 16.1. The van der Waals surface area contributed by atoms with Crippen molar-refractivity contribution in [3.05, 3.63) is 88.8 Å². The van der Waals surface area contributed by atoms with Crippen LogP contribution in [-0.4, -0.2) is 66.5 Å². The Balaban J connectivity index is 1.31. The molecule has 0 atom stereocenters. The van der Waals surface area contributed by atoms with Crippen molar-refractivity contribution in [2.45, 2.75) is 44.7 Å². The highest BCUT2D eigenvalue weighted by Crippen LogP contribution is 2.42. The standard InChI is InChI=1S/C39H39ClFN3O6/c1-43(25-13-11-23(12-14-25)15-38(46)47)21-31-33(41)16-24(17-35(31)48-2)27-7-5-9-29(39(27)40)28-8-6-10-34-30(28)20-42-44(34)26-18-36(49-3)32(22-45)37(19-26)50-4/h5-10,16-20,22-23,25H,11-15,21H2,1-4H3,(H,46,47). The number of hydrogen-bond acceptors (Lipinski definition) is 7. The first-order chi connectivity index (χ1) is 24.2. The minimum atomic E-state index is -0.755. The number of carboxylic acids is 1. The summed E-state index contributed by atoms with van der Waals surface area (Å²) < 4.78 is 34.3. The van der Waals surface area contributed by atoms with E-state index in [2.05, 4.69) is 10.00 Å². The second-order valence-corrected chi connectivity index (χ2v) is 13.0. The number of nitrogens with zero attached hydrogens (tertiary/aromatic N) is 3. The van der Waals surface area contributed by atoms with Gasteiger partial charge in [-0.2, -0.15) is 5.10 Å². The maximum atomic E-state index is 15.9. The van der Waals surface area contributed by atoms with Gasteiger partial charge in [-0.05, 0) is 68.0 Å². The number of fused-ring (bicyclic) bond motifs is 1. The minimum absolute atomic E-state index is 0.196. The fourth-order valence-corrected chi connectivity index (χ4v) is 7.47. The zero-order valence-corrected chi connectivity index (χ0v) is 29.2. The van der Waals surface area contributed by atoms with Gasteiger partial charge in [-0.15, -0.1) is 0 Å². The van der Waals surface area contributed by atoms with Gasteiger partial charge in [0.05, 0.1) is 49.3 Å². The van der Waals surface area contributed by atoms with Crippen molar-refractivity contribution in [2.24, 2.45) is 5.92 Å². The third-order valence-corrected chi connectivity index (χ3v) is 10.2. The summed E-state index contributed by atoms with van der Waals surface area (Å²) in [6.07, 6.45) is 6.10. The lowest BCUT2D eigenvalue weighted by Crippen LogP contribution is -2.35. The van der Waals surface area contributed by atoms with Gasteiger partial charge in [-0.3, -0.25) is 14.5 Å². The van der Waals surface area contributed by atoms with Gasteiger partial charge in [0, 0.05) is 53.2 Å². The third-order valence-electron chi connectivity index (χ3n) is 9.79. The van der Waals surface area contributed by atoms with Crippen LogP contribution in [0.5, 0.6) is 17.2 Å². The van der Waals surface area contributed by atoms with Crippen molar-refractivity contribution in [3.8, 4) is 45.2 Å². The predicted molar refractivity (Wildman–Crippen MR) is 191 cm³/mol. The number of ether oxygens (including phenoxy) is 3. The Morgan fingerprint density at radius 2 is 1.60 bits per heavy atom. The van der Waals surface area contributed by atoms with Gasteiger partial charge >= 0.3 is 5.97 Å². The number of rotatable bonds is 12. The lowest BCUT2D eigenvalue weighted by Gasteiger charge is -2.34. The molecule has 0 saturated heterocycles. The summed E-state index contributed by atoms with van der Waals surface area (Å²) in [4.78, 5) is 25.0. The zero-order valence-electron chi connectivity index (χ0n) is 28.4. The number of hydrogen-bond donors (Lipinski definition) is 1. The number of carboxylic acid groups (broad SMARTS) is 1. The number of halogens is 2. The molecule has 1 aliphatic rings. The first kappa shape index (κ1) is 34.9. The molecule has 0 aliphatic heterocycles. The molecule has 9 nitrogen and oxygen atoms in total. The smallest absolute Gasteiger partial charge is 0.303 e. The molecule has 11 heteroatoms. The van der Waals surface area contributed by atoms with E-state index in [0.29, 0.717) is 63.0 Å². The molecule has 0 unspecified atom stereocenters. The molecule has 6 rings (SSSR count). The zero-order chi connectivity index (χ0) is 35.5. The monoisotopic (exact) mass is 699 g/mol. The summed E-state index contributed by atoms with van der Waals surface area (Å²) in [7, 11) is 6.50. The van der Waals surface area contributed by atoms with E-state index < -0.39 is 5.97 Å². The first-order valence-corrected chi connectivity index (χ1v) is 16.8. The molecule has 1 N–H and O–H groups in total. The van der Waals surface area contributed by atoms with E-state index in [1.807, 2.05) is 49.5 Å². The molecule has 50 heavy (non-hydrogen) atoms. The number of carbonyl (C=O) groups is 2. The van der Waals surface area contributed by atoms with Crippen LogP contribution in [0.25, 0.3) is 38.8 Å². The highest BCUT2D eigenvalue weighted by molar-refractivity contribution is 6.36. The van der Waals surface area contributed by atoms with Gasteiger partial charge < -0.3 is 19.3 Å². The Labute approximate surface area is 295 Å². The number of aromatic nitrogens is 2. The predicted octanol–water partition coefficient (Wildman–Crippen LogP) is 8.46. The van der Waals surface area contributed by atoms with Crippen LogP contribution in [0.1, 0.15) is 48.0 Å². The van der Waals surface area contributed by atoms with Gasteiger partial charge in [0.1, 0.15) is 23.1 Å². The van der Waals surface area contributed by atoms with Crippen LogP contribution in [-0.2, 0) is 11.3 Å². The largest absolute Gasteiger partial charge is 0.496 e. The summed E-state index contributed by atoms with van der Waals surface area (Å²) in [5.74, 6) is 0.218. The summed E-state index contributed by atoms with van der Waals surface area (Å²) >= 11 is 7.13. The first-order valence-electron chi connectivity index (χ1n) is 16.4. The van der Waals surface area contributed by atoms with E-state index in [0.717, 1.165) is 47.7 Å². The molecule has 0 amide bonds. The number of aliphatic carboxylic acids is 1. The van der Waals surface area contributed by atoms with Gasteiger partial charge in [0.15, 0.2) is 6.29 Å². The van der Waals surface area contributed by atoms with Crippen molar-refractivity contribution >= 4 is 34.8 Å². The molecule has 0 spiro atoms. The Kier molecular flexibility index (Phi) is 10.4. The molecule has 1 heterocycles. The number of aldehydes is 1. The molecule has 1 aliphatic carbocycles. The molecule has 5 aromatic rings. The summed E-state index contributed by atoms with van der Waals surface area (Å²) in [6.45, 7) is 0.360. The lowest BCUT2D eigenvalue weighted by atomic mass is 9.83. The maximum absolute atomic E-state index is 15.9. The quantitative estimate of drug-likeness (QED) is 0.129. The van der Waals surface area contributed by atoms with Crippen LogP contribution in [0.2, 0.25) is 5.02 Å². The van der Waals surface area contributed by atoms with E-state index in [4.69, 9.17) is 30.9 Å². The van der Waals surface area contributed by atoms with Crippen LogP contribution in [0.15, 0.2) is 66.9 Å². The fourth-order valence-electron chi connectivity index (χ4n) is 7.14. The van der Waals surface area contributed by atoms with Crippen molar-refractivity contribution in [3.63, 3.8) is 0 Å². The van der Waals surface area contributed by atoms with Crippen LogP contribution in [0, 0.1) is 11.7 Å². The molecule has 1 fully saturated rings. The Bertz CT molecular complexity index is 2030. The Morgan fingerprint density at radius 1 is 0.960 bits per heavy atom. The van der Waals surface area contributed by atoms with Crippen LogP contribution < -0.4 is 14.2 Å². The highest BCUT2D eigenvalue weighted by Gasteiger charge is 2.27. The average molecular weight is 700 g/mol. The van der Waals surface area contributed by atoms with Gasteiger partial charge in [0.2, 0.25) is 0 Å². The van der Waals surface area contributed by atoms with E-state index in [-0.39, 0.29) is 24.2 Å². The van der Waals surface area contributed by atoms with Crippen LogP contribution in [0.3, 0.4) is 0 Å². The fraction of sp³-hybridized carbons (Fsp3) is 0.308. The third kappa shape index (κ3) is 6.78. The van der Waals surface area contributed by atoms with Gasteiger partial charge in [-0.25, -0.2) is 9.07 Å². The number of carbonyl (C=O) groups excluding carboxylic acids is 1. The van der Waals surface area contributed by atoms with Crippen molar-refractivity contribution in [2.75, 3.05) is 28.4 Å². The number of benzene rings is 4. The van der Waals surface area contributed by atoms with E-state index in [9.17, 15) is 9.59 Å². The topological polar surface area (TPSA) is 103 Å². The Hall–Kier alpha value is -4.93. The molecule has 1 saturated carbocycles.